The molecule has 1 saturated carbocycles. The Balaban J connectivity index is 1.83. The molecule has 0 bridgehead atoms. The van der Waals surface area contributed by atoms with Crippen LogP contribution in [-0.4, -0.2) is 28.7 Å². The Hall–Kier alpha value is -2.84. The summed E-state index contributed by atoms with van der Waals surface area (Å²) >= 11 is 0. The van der Waals surface area contributed by atoms with E-state index in [1.165, 1.54) is 12.1 Å². The number of benzene rings is 1. The van der Waals surface area contributed by atoms with E-state index in [-0.39, 0.29) is 30.3 Å². The highest BCUT2D eigenvalue weighted by atomic mass is 16.7. The lowest BCUT2D eigenvalue weighted by Crippen LogP contribution is -2.17. The molecule has 1 fully saturated rings. The zero-order valence-electron chi connectivity index (χ0n) is 10.6. The fraction of sp³-hybridized carbons (Fsp3) is 0.333. The van der Waals surface area contributed by atoms with E-state index in [0.717, 1.165) is 0 Å². The van der Waals surface area contributed by atoms with Crippen LogP contribution in [0.25, 0.3) is 0 Å². The summed E-state index contributed by atoms with van der Waals surface area (Å²) in [6, 6.07) is 2.47. The van der Waals surface area contributed by atoms with Crippen molar-refractivity contribution in [2.75, 3.05) is 12.1 Å². The summed E-state index contributed by atoms with van der Waals surface area (Å²) in [6.07, 6.45) is 0.236. The Morgan fingerprint density at radius 1 is 1.29 bits per heavy atom. The van der Waals surface area contributed by atoms with Crippen LogP contribution in [0.15, 0.2) is 12.1 Å². The Kier molecular flexibility index (Phi) is 2.89. The summed E-state index contributed by atoms with van der Waals surface area (Å²) in [7, 11) is 0. The third-order valence-corrected chi connectivity index (χ3v) is 3.39. The molecule has 2 aliphatic rings. The second-order valence-corrected chi connectivity index (χ2v) is 4.76. The number of fused-ring (bicyclic) bond motifs is 1. The Morgan fingerprint density at radius 2 is 1.95 bits per heavy atom. The van der Waals surface area contributed by atoms with Gasteiger partial charge in [-0.05, 0) is 6.42 Å². The van der Waals surface area contributed by atoms with Crippen LogP contribution in [0.3, 0.4) is 0 Å². The number of carbonyl (C=O) groups is 2. The quantitative estimate of drug-likeness (QED) is 0.625. The number of rotatable bonds is 4. The van der Waals surface area contributed by atoms with Gasteiger partial charge in [0.2, 0.25) is 12.7 Å². The number of carboxylic acid groups (broad SMARTS) is 1. The average Bonchev–Trinajstić information content (AvgIpc) is 3.10. The van der Waals surface area contributed by atoms with Crippen molar-refractivity contribution in [1.82, 2.24) is 0 Å². The zero-order valence-corrected chi connectivity index (χ0v) is 10.6. The number of aliphatic carboxylic acids is 1. The number of ether oxygens (including phenoxy) is 2. The summed E-state index contributed by atoms with van der Waals surface area (Å²) in [5.74, 6) is -2.46. The number of amides is 1. The molecule has 9 heteroatoms. The Labute approximate surface area is 117 Å². The van der Waals surface area contributed by atoms with Crippen LogP contribution < -0.4 is 14.8 Å². The highest BCUT2D eigenvalue weighted by molar-refractivity contribution is 6.00. The minimum absolute atomic E-state index is 0.0368. The summed E-state index contributed by atoms with van der Waals surface area (Å²) in [4.78, 5) is 33.0. The largest absolute Gasteiger partial charge is 0.481 e. The van der Waals surface area contributed by atoms with E-state index in [2.05, 4.69) is 5.32 Å². The van der Waals surface area contributed by atoms with Crippen molar-refractivity contribution in [1.29, 1.82) is 0 Å². The van der Waals surface area contributed by atoms with Gasteiger partial charge in [0.15, 0.2) is 11.5 Å². The standard InChI is InChI=1S/C12H10N2O7/c15-11(5-1-6(5)12(16)17)13-7-2-9-10(21-4-20-9)3-8(7)14(18)19/h2-3,5-6H,1,4H2,(H,13,15)(H,16,17). The number of carboxylic acids is 1. The summed E-state index contributed by atoms with van der Waals surface area (Å²) < 4.78 is 10.1. The van der Waals surface area contributed by atoms with Crippen LogP contribution in [-0.2, 0) is 9.59 Å². The van der Waals surface area contributed by atoms with Gasteiger partial charge in [0, 0.05) is 6.07 Å². The normalized spacial score (nSPS) is 21.7. The van der Waals surface area contributed by atoms with Gasteiger partial charge < -0.3 is 19.9 Å². The van der Waals surface area contributed by atoms with Gasteiger partial charge in [0.25, 0.3) is 5.69 Å². The van der Waals surface area contributed by atoms with Crippen molar-refractivity contribution in [3.8, 4) is 11.5 Å². The maximum absolute atomic E-state index is 11.9. The van der Waals surface area contributed by atoms with Crippen LogP contribution in [0.5, 0.6) is 11.5 Å². The molecule has 2 atom stereocenters. The molecule has 9 nitrogen and oxygen atoms in total. The van der Waals surface area contributed by atoms with Crippen LogP contribution in [0, 0.1) is 22.0 Å². The minimum Gasteiger partial charge on any atom is -0.481 e. The van der Waals surface area contributed by atoms with Gasteiger partial charge in [-0.15, -0.1) is 0 Å². The molecule has 110 valence electrons. The van der Waals surface area contributed by atoms with E-state index < -0.39 is 28.6 Å². The van der Waals surface area contributed by atoms with E-state index in [1.54, 1.807) is 0 Å². The highest BCUT2D eigenvalue weighted by Crippen LogP contribution is 2.43. The Morgan fingerprint density at radius 3 is 2.52 bits per heavy atom. The first-order chi connectivity index (χ1) is 9.97. The SMILES string of the molecule is O=C(O)C1CC1C(=O)Nc1cc2c(cc1[N+](=O)[O-])OCO2. The topological polar surface area (TPSA) is 128 Å². The molecule has 0 aromatic heterocycles. The number of nitro benzene ring substituents is 1. The van der Waals surface area contributed by atoms with Crippen LogP contribution >= 0.6 is 0 Å². The number of carbonyl (C=O) groups excluding carboxylic acids is 1. The summed E-state index contributed by atoms with van der Waals surface area (Å²) in [6.45, 7) is -0.0480. The van der Waals surface area contributed by atoms with Crippen molar-refractivity contribution in [3.63, 3.8) is 0 Å². The van der Waals surface area contributed by atoms with Crippen molar-refractivity contribution in [2.24, 2.45) is 11.8 Å². The van der Waals surface area contributed by atoms with Crippen molar-refractivity contribution < 1.29 is 29.1 Å². The van der Waals surface area contributed by atoms with Gasteiger partial charge >= 0.3 is 5.97 Å². The number of nitrogens with one attached hydrogen (secondary N) is 1. The van der Waals surface area contributed by atoms with Gasteiger partial charge in [0.05, 0.1) is 22.8 Å². The number of nitrogens with zero attached hydrogens (tertiary/aromatic N) is 1. The molecule has 1 amide bonds. The van der Waals surface area contributed by atoms with Crippen LogP contribution in [0.4, 0.5) is 11.4 Å². The number of hydrogen-bond acceptors (Lipinski definition) is 6. The van der Waals surface area contributed by atoms with E-state index in [1.807, 2.05) is 0 Å². The third kappa shape index (κ3) is 2.33. The van der Waals surface area contributed by atoms with Gasteiger partial charge in [-0.2, -0.15) is 0 Å². The number of hydrogen-bond donors (Lipinski definition) is 2. The van der Waals surface area contributed by atoms with Crippen molar-refractivity contribution in [3.05, 3.63) is 22.2 Å². The number of anilines is 1. The van der Waals surface area contributed by atoms with E-state index >= 15 is 0 Å². The maximum Gasteiger partial charge on any atom is 0.307 e. The molecule has 1 aliphatic carbocycles. The van der Waals surface area contributed by atoms with E-state index in [4.69, 9.17) is 14.6 Å². The minimum atomic E-state index is -1.05. The zero-order chi connectivity index (χ0) is 15.1. The molecular formula is C12H10N2O7. The molecule has 0 spiro atoms. The third-order valence-electron chi connectivity index (χ3n) is 3.39. The molecule has 3 rings (SSSR count). The molecule has 2 N–H and O–H groups in total. The van der Waals surface area contributed by atoms with Crippen molar-refractivity contribution in [2.45, 2.75) is 6.42 Å². The fourth-order valence-corrected chi connectivity index (χ4v) is 2.17. The monoisotopic (exact) mass is 294 g/mol. The second-order valence-electron chi connectivity index (χ2n) is 4.76. The molecule has 1 aromatic rings. The smallest absolute Gasteiger partial charge is 0.307 e. The first-order valence-electron chi connectivity index (χ1n) is 6.09. The maximum atomic E-state index is 11.9. The lowest BCUT2D eigenvalue weighted by atomic mass is 10.2. The van der Waals surface area contributed by atoms with Gasteiger partial charge in [0.1, 0.15) is 5.69 Å². The predicted octanol–water partition coefficient (Wildman–Crippen LogP) is 0.983. The van der Waals surface area contributed by atoms with Gasteiger partial charge in [-0.1, -0.05) is 0 Å². The van der Waals surface area contributed by atoms with Gasteiger partial charge in [-0.25, -0.2) is 0 Å². The molecule has 0 radical (unpaired) electrons. The molecule has 1 heterocycles. The number of nitro groups is 1. The average molecular weight is 294 g/mol. The van der Waals surface area contributed by atoms with Crippen molar-refractivity contribution >= 4 is 23.3 Å². The molecule has 1 aliphatic heterocycles. The first-order valence-corrected chi connectivity index (χ1v) is 6.09. The molecule has 21 heavy (non-hydrogen) atoms. The van der Waals surface area contributed by atoms with Crippen LogP contribution in [0.1, 0.15) is 6.42 Å². The highest BCUT2D eigenvalue weighted by Gasteiger charge is 2.48. The fourth-order valence-electron chi connectivity index (χ4n) is 2.17. The summed E-state index contributed by atoms with van der Waals surface area (Å²) in [5.41, 5.74) is -0.370. The second kappa shape index (κ2) is 4.62. The molecule has 2 unspecified atom stereocenters. The van der Waals surface area contributed by atoms with E-state index in [0.29, 0.717) is 5.75 Å². The first kappa shape index (κ1) is 13.2. The predicted molar refractivity (Wildman–Crippen MR) is 67.1 cm³/mol. The molecule has 1 aromatic carbocycles. The molecular weight excluding hydrogens is 284 g/mol. The van der Waals surface area contributed by atoms with Crippen LogP contribution in [0.2, 0.25) is 0 Å². The van der Waals surface area contributed by atoms with E-state index in [9.17, 15) is 19.7 Å². The lowest BCUT2D eigenvalue weighted by Gasteiger charge is -2.06. The summed E-state index contributed by atoms with van der Waals surface area (Å²) in [5, 5.41) is 22.2. The van der Waals surface area contributed by atoms with Gasteiger partial charge in [-0.3, -0.25) is 19.7 Å². The molecule has 0 saturated heterocycles. The Bertz CT molecular complexity index is 657. The lowest BCUT2D eigenvalue weighted by molar-refractivity contribution is -0.384.